The molecule has 1 aromatic rings. The number of para-hydroxylation sites is 1. The van der Waals surface area contributed by atoms with Gasteiger partial charge in [-0.05, 0) is 42.9 Å². The number of anilines is 1. The van der Waals surface area contributed by atoms with Crippen LogP contribution >= 0.6 is 0 Å². The molecule has 0 bridgehead atoms. The third-order valence-corrected chi connectivity index (χ3v) is 5.53. The first kappa shape index (κ1) is 15.1. The molecule has 1 unspecified atom stereocenters. The van der Waals surface area contributed by atoms with E-state index < -0.39 is 10.8 Å². The first-order chi connectivity index (χ1) is 11.4. The molecule has 2 aliphatic carbocycles. The molecule has 122 valence electrons. The van der Waals surface area contributed by atoms with Crippen LogP contribution in [0.15, 0.2) is 35.9 Å². The number of benzene rings is 1. The molecule has 1 spiro atoms. The number of nitriles is 1. The number of rotatable bonds is 2. The minimum absolute atomic E-state index is 0.0175. The largest absolute Gasteiger partial charge is 0.311 e. The molecule has 0 N–H and O–H groups in total. The van der Waals surface area contributed by atoms with Crippen LogP contribution in [-0.2, 0) is 15.0 Å². The highest BCUT2D eigenvalue weighted by Gasteiger charge is 2.56. The van der Waals surface area contributed by atoms with Gasteiger partial charge in [0.2, 0.25) is 5.91 Å². The number of Topliss-reactive ketones (excluding diaryl/α,β-unsaturated/α-hetero) is 1. The highest BCUT2D eigenvalue weighted by atomic mass is 16.2. The maximum absolute atomic E-state index is 13.4. The quantitative estimate of drug-likeness (QED) is 0.841. The van der Waals surface area contributed by atoms with E-state index in [1.807, 2.05) is 49.1 Å². The van der Waals surface area contributed by atoms with Crippen molar-refractivity contribution in [2.24, 2.45) is 11.3 Å². The summed E-state index contributed by atoms with van der Waals surface area (Å²) in [6, 6.07) is 9.84. The Hall–Kier alpha value is -2.41. The van der Waals surface area contributed by atoms with Crippen LogP contribution in [0.3, 0.4) is 0 Å². The normalized spacial score (nSPS) is 27.9. The molecule has 1 aromatic carbocycles. The highest BCUT2D eigenvalue weighted by Crippen LogP contribution is 2.53. The molecule has 4 rings (SSSR count). The van der Waals surface area contributed by atoms with Gasteiger partial charge in [-0.1, -0.05) is 32.0 Å². The third-order valence-electron chi connectivity index (χ3n) is 5.53. The summed E-state index contributed by atoms with van der Waals surface area (Å²) in [5.41, 5.74) is 0.381. The van der Waals surface area contributed by atoms with Crippen molar-refractivity contribution in [3.05, 3.63) is 41.5 Å². The van der Waals surface area contributed by atoms with Crippen molar-refractivity contribution in [3.8, 4) is 6.07 Å². The van der Waals surface area contributed by atoms with Gasteiger partial charge in [0.25, 0.3) is 0 Å². The van der Waals surface area contributed by atoms with Crippen molar-refractivity contribution in [1.29, 1.82) is 5.26 Å². The molecule has 1 heterocycles. The van der Waals surface area contributed by atoms with E-state index in [9.17, 15) is 14.9 Å². The first-order valence-electron chi connectivity index (χ1n) is 8.48. The van der Waals surface area contributed by atoms with Crippen LogP contribution in [0.4, 0.5) is 5.69 Å². The van der Waals surface area contributed by atoms with Crippen LogP contribution in [0, 0.1) is 22.7 Å². The van der Waals surface area contributed by atoms with Gasteiger partial charge in [-0.2, -0.15) is 5.26 Å². The lowest BCUT2D eigenvalue weighted by Crippen LogP contribution is -2.47. The van der Waals surface area contributed by atoms with Crippen molar-refractivity contribution < 1.29 is 9.59 Å². The zero-order valence-corrected chi connectivity index (χ0v) is 14.0. The minimum atomic E-state index is -0.881. The molecule has 0 saturated heterocycles. The van der Waals surface area contributed by atoms with E-state index in [1.54, 1.807) is 6.08 Å². The number of fused-ring (bicyclic) bond motifs is 2. The smallest absolute Gasteiger partial charge is 0.241 e. The molecule has 24 heavy (non-hydrogen) atoms. The van der Waals surface area contributed by atoms with E-state index in [1.165, 1.54) is 12.8 Å². The van der Waals surface area contributed by atoms with Gasteiger partial charge in [0.15, 0.2) is 5.78 Å². The molecule has 1 amide bonds. The zero-order chi connectivity index (χ0) is 17.1. The average molecular weight is 320 g/mol. The van der Waals surface area contributed by atoms with Crippen LogP contribution in [0.25, 0.3) is 0 Å². The number of allylic oxidation sites excluding steroid dienone is 1. The molecule has 4 nitrogen and oxygen atoms in total. The van der Waals surface area contributed by atoms with Crippen LogP contribution in [0.1, 0.15) is 38.7 Å². The second kappa shape index (κ2) is 4.80. The van der Waals surface area contributed by atoms with Crippen LogP contribution in [-0.4, -0.2) is 18.2 Å². The van der Waals surface area contributed by atoms with Gasteiger partial charge in [0, 0.05) is 17.6 Å². The van der Waals surface area contributed by atoms with Crippen LogP contribution in [0.5, 0.6) is 0 Å². The Labute approximate surface area is 141 Å². The number of hydrogen-bond donors (Lipinski definition) is 0. The Kier molecular flexibility index (Phi) is 3.02. The number of carbonyl (C=O) groups is 2. The Morgan fingerprint density at radius 3 is 2.62 bits per heavy atom. The molecular weight excluding hydrogens is 300 g/mol. The Balaban J connectivity index is 1.91. The average Bonchev–Trinajstić information content (AvgIpc) is 3.35. The molecule has 3 aliphatic rings. The molecule has 1 saturated carbocycles. The lowest BCUT2D eigenvalue weighted by atomic mass is 9.62. The molecule has 0 radical (unpaired) electrons. The maximum Gasteiger partial charge on any atom is 0.241 e. The summed E-state index contributed by atoms with van der Waals surface area (Å²) in [4.78, 5) is 27.8. The summed E-state index contributed by atoms with van der Waals surface area (Å²) in [6.45, 7) is 4.41. The minimum Gasteiger partial charge on any atom is -0.311 e. The van der Waals surface area contributed by atoms with Crippen molar-refractivity contribution >= 4 is 17.4 Å². The fourth-order valence-electron chi connectivity index (χ4n) is 4.19. The fraction of sp³-hybridized carbons (Fsp3) is 0.450. The van der Waals surface area contributed by atoms with Gasteiger partial charge < -0.3 is 4.90 Å². The zero-order valence-electron chi connectivity index (χ0n) is 14.0. The maximum atomic E-state index is 13.4. The van der Waals surface area contributed by atoms with Gasteiger partial charge in [-0.3, -0.25) is 9.59 Å². The summed E-state index contributed by atoms with van der Waals surface area (Å²) in [5, 5.41) is 9.43. The van der Waals surface area contributed by atoms with Gasteiger partial charge in [0.05, 0.1) is 11.0 Å². The third kappa shape index (κ3) is 1.97. The van der Waals surface area contributed by atoms with Crippen LogP contribution in [0.2, 0.25) is 0 Å². The van der Waals surface area contributed by atoms with E-state index >= 15 is 0 Å². The number of hydrogen-bond acceptors (Lipinski definition) is 3. The molecular formula is C20H20N2O2. The second-order valence-electron chi connectivity index (χ2n) is 7.91. The lowest BCUT2D eigenvalue weighted by molar-refractivity contribution is -0.128. The number of nitrogens with zero attached hydrogens (tertiary/aromatic N) is 2. The highest BCUT2D eigenvalue weighted by molar-refractivity contribution is 6.14. The first-order valence-corrected chi connectivity index (χ1v) is 8.48. The van der Waals surface area contributed by atoms with Crippen molar-refractivity contribution in [3.63, 3.8) is 0 Å². The summed E-state index contributed by atoms with van der Waals surface area (Å²) >= 11 is 0. The fourth-order valence-corrected chi connectivity index (χ4v) is 4.19. The van der Waals surface area contributed by atoms with E-state index in [0.717, 1.165) is 17.8 Å². The predicted octanol–water partition coefficient (Wildman–Crippen LogP) is 3.13. The van der Waals surface area contributed by atoms with Gasteiger partial charge in [-0.15, -0.1) is 0 Å². The Morgan fingerprint density at radius 1 is 1.25 bits per heavy atom. The molecule has 1 atom stereocenters. The van der Waals surface area contributed by atoms with E-state index in [-0.39, 0.29) is 17.3 Å². The predicted molar refractivity (Wildman–Crippen MR) is 90.3 cm³/mol. The Morgan fingerprint density at radius 2 is 1.96 bits per heavy atom. The number of ketones is 1. The summed E-state index contributed by atoms with van der Waals surface area (Å²) in [6.07, 6.45) is 4.39. The molecule has 4 heteroatoms. The standard InChI is InChI=1S/C20H20N2O2/c1-19(2)12-20(9-14(10-21)17(19)23)15-5-3-4-6-16(15)22(18(20)24)11-13-7-8-13/h3-6,9,13H,7-8,11-12H2,1-2H3. The SMILES string of the molecule is CC1(C)CC2(C=C(C#N)C1=O)C(=O)N(CC1CC1)c1ccccc12. The number of amides is 1. The lowest BCUT2D eigenvalue weighted by Gasteiger charge is -2.37. The Bertz CT molecular complexity index is 826. The van der Waals surface area contributed by atoms with Gasteiger partial charge in [-0.25, -0.2) is 0 Å². The molecule has 0 aromatic heterocycles. The van der Waals surface area contributed by atoms with Gasteiger partial charge in [0.1, 0.15) is 6.07 Å². The van der Waals surface area contributed by atoms with Gasteiger partial charge >= 0.3 is 0 Å². The molecule has 1 aliphatic heterocycles. The van der Waals surface area contributed by atoms with Crippen LogP contribution < -0.4 is 4.90 Å². The van der Waals surface area contributed by atoms with Crippen molar-refractivity contribution in [2.75, 3.05) is 11.4 Å². The second-order valence-corrected chi connectivity index (χ2v) is 7.91. The summed E-state index contributed by atoms with van der Waals surface area (Å²) in [7, 11) is 0. The van der Waals surface area contributed by atoms with E-state index in [2.05, 4.69) is 0 Å². The summed E-state index contributed by atoms with van der Waals surface area (Å²) in [5.74, 6) is 0.431. The van der Waals surface area contributed by atoms with E-state index in [4.69, 9.17) is 0 Å². The van der Waals surface area contributed by atoms with E-state index in [0.29, 0.717) is 12.3 Å². The van der Waals surface area contributed by atoms with Crippen molar-refractivity contribution in [2.45, 2.75) is 38.5 Å². The topological polar surface area (TPSA) is 61.2 Å². The molecule has 1 fully saturated rings. The number of carbonyl (C=O) groups excluding carboxylic acids is 2. The monoisotopic (exact) mass is 320 g/mol. The van der Waals surface area contributed by atoms with Crippen molar-refractivity contribution in [1.82, 2.24) is 0 Å². The summed E-state index contributed by atoms with van der Waals surface area (Å²) < 4.78 is 0.